The summed E-state index contributed by atoms with van der Waals surface area (Å²) in [6, 6.07) is 6.56. The molecular formula is C14H23N3. The Bertz CT molecular complexity index is 317. The monoisotopic (exact) mass is 233 g/mol. The Morgan fingerprint density at radius 1 is 1.29 bits per heavy atom. The van der Waals surface area contributed by atoms with Crippen molar-refractivity contribution in [3.05, 3.63) is 30.1 Å². The molecule has 0 bridgehead atoms. The maximum absolute atomic E-state index is 5.93. The van der Waals surface area contributed by atoms with E-state index in [9.17, 15) is 0 Å². The summed E-state index contributed by atoms with van der Waals surface area (Å²) >= 11 is 0. The Balaban J connectivity index is 1.76. The Kier molecular flexibility index (Phi) is 4.51. The van der Waals surface area contributed by atoms with E-state index in [1.807, 2.05) is 12.3 Å². The lowest BCUT2D eigenvalue weighted by Crippen LogP contribution is -2.32. The van der Waals surface area contributed by atoms with Gasteiger partial charge in [-0.3, -0.25) is 4.98 Å². The van der Waals surface area contributed by atoms with E-state index in [2.05, 4.69) is 29.1 Å². The maximum atomic E-state index is 5.93. The van der Waals surface area contributed by atoms with Crippen LogP contribution in [-0.2, 0) is 6.54 Å². The molecule has 1 aliphatic rings. The first-order valence-corrected chi connectivity index (χ1v) is 6.58. The lowest BCUT2D eigenvalue weighted by atomic mass is 9.86. The smallest absolute Gasteiger partial charge is 0.0543 e. The molecule has 0 spiro atoms. The summed E-state index contributed by atoms with van der Waals surface area (Å²) in [4.78, 5) is 6.74. The van der Waals surface area contributed by atoms with E-state index in [1.54, 1.807) is 0 Å². The maximum Gasteiger partial charge on any atom is 0.0543 e. The Hall–Kier alpha value is -0.930. The standard InChI is InChI=1S/C14H23N3/c1-17(11-14-4-2-3-9-16-14)10-12-5-7-13(15)8-6-12/h2-4,9,12-13H,5-8,10-11,15H2,1H3. The van der Waals surface area contributed by atoms with Crippen LogP contribution < -0.4 is 5.73 Å². The number of pyridine rings is 1. The van der Waals surface area contributed by atoms with Gasteiger partial charge in [0.25, 0.3) is 0 Å². The second-order valence-electron chi connectivity index (χ2n) is 5.30. The number of nitrogens with two attached hydrogens (primary N) is 1. The molecule has 1 aromatic rings. The van der Waals surface area contributed by atoms with Crippen LogP contribution in [0.15, 0.2) is 24.4 Å². The molecule has 0 aromatic carbocycles. The Morgan fingerprint density at radius 3 is 2.71 bits per heavy atom. The molecule has 2 rings (SSSR count). The molecule has 1 fully saturated rings. The minimum absolute atomic E-state index is 0.451. The molecule has 0 unspecified atom stereocenters. The number of hydrogen-bond donors (Lipinski definition) is 1. The van der Waals surface area contributed by atoms with Gasteiger partial charge in [0, 0.05) is 25.3 Å². The summed E-state index contributed by atoms with van der Waals surface area (Å²) in [6.45, 7) is 2.12. The fraction of sp³-hybridized carbons (Fsp3) is 0.643. The van der Waals surface area contributed by atoms with Crippen LogP contribution in [0.25, 0.3) is 0 Å². The van der Waals surface area contributed by atoms with E-state index in [0.717, 1.165) is 18.2 Å². The van der Waals surface area contributed by atoms with Gasteiger partial charge in [-0.1, -0.05) is 6.07 Å². The molecule has 17 heavy (non-hydrogen) atoms. The molecular weight excluding hydrogens is 210 g/mol. The average molecular weight is 233 g/mol. The van der Waals surface area contributed by atoms with E-state index in [4.69, 9.17) is 5.73 Å². The van der Waals surface area contributed by atoms with E-state index in [0.29, 0.717) is 6.04 Å². The summed E-state index contributed by atoms with van der Waals surface area (Å²) in [5, 5.41) is 0. The van der Waals surface area contributed by atoms with Crippen LogP contribution >= 0.6 is 0 Å². The van der Waals surface area contributed by atoms with Gasteiger partial charge < -0.3 is 10.6 Å². The lowest BCUT2D eigenvalue weighted by Gasteiger charge is -2.29. The highest BCUT2D eigenvalue weighted by Crippen LogP contribution is 2.23. The molecule has 3 nitrogen and oxygen atoms in total. The van der Waals surface area contributed by atoms with Gasteiger partial charge in [-0.2, -0.15) is 0 Å². The highest BCUT2D eigenvalue weighted by Gasteiger charge is 2.19. The van der Waals surface area contributed by atoms with Gasteiger partial charge in [0.1, 0.15) is 0 Å². The minimum Gasteiger partial charge on any atom is -0.328 e. The molecule has 1 saturated carbocycles. The third kappa shape index (κ3) is 4.10. The van der Waals surface area contributed by atoms with E-state index in [1.165, 1.54) is 32.2 Å². The second-order valence-corrected chi connectivity index (χ2v) is 5.30. The molecule has 0 aliphatic heterocycles. The normalized spacial score (nSPS) is 25.1. The topological polar surface area (TPSA) is 42.2 Å². The number of rotatable bonds is 4. The number of nitrogens with zero attached hydrogens (tertiary/aromatic N) is 2. The average Bonchev–Trinajstić information content (AvgIpc) is 2.33. The van der Waals surface area contributed by atoms with Gasteiger partial charge in [-0.25, -0.2) is 0 Å². The molecule has 1 aliphatic carbocycles. The summed E-state index contributed by atoms with van der Waals surface area (Å²) in [7, 11) is 2.18. The van der Waals surface area contributed by atoms with Crippen molar-refractivity contribution in [2.24, 2.45) is 11.7 Å². The van der Waals surface area contributed by atoms with Crippen molar-refractivity contribution < 1.29 is 0 Å². The van der Waals surface area contributed by atoms with Gasteiger partial charge >= 0.3 is 0 Å². The first-order chi connectivity index (χ1) is 8.24. The van der Waals surface area contributed by atoms with E-state index < -0.39 is 0 Å². The van der Waals surface area contributed by atoms with Crippen molar-refractivity contribution in [1.29, 1.82) is 0 Å². The van der Waals surface area contributed by atoms with Crippen molar-refractivity contribution >= 4 is 0 Å². The zero-order valence-corrected chi connectivity index (χ0v) is 10.7. The molecule has 0 amide bonds. The molecule has 3 heteroatoms. The second kappa shape index (κ2) is 6.12. The van der Waals surface area contributed by atoms with Crippen LogP contribution in [0.2, 0.25) is 0 Å². The third-order valence-corrected chi connectivity index (χ3v) is 3.62. The van der Waals surface area contributed by atoms with Crippen LogP contribution in [0.5, 0.6) is 0 Å². The first-order valence-electron chi connectivity index (χ1n) is 6.58. The molecule has 2 N–H and O–H groups in total. The van der Waals surface area contributed by atoms with Crippen molar-refractivity contribution in [3.8, 4) is 0 Å². The van der Waals surface area contributed by atoms with Crippen LogP contribution in [0.1, 0.15) is 31.4 Å². The first kappa shape index (κ1) is 12.5. The van der Waals surface area contributed by atoms with Crippen LogP contribution in [0.4, 0.5) is 0 Å². The van der Waals surface area contributed by atoms with E-state index in [-0.39, 0.29) is 0 Å². The third-order valence-electron chi connectivity index (χ3n) is 3.62. The SMILES string of the molecule is CN(Cc1ccccn1)CC1CCC(N)CC1. The summed E-state index contributed by atoms with van der Waals surface area (Å²) in [6.07, 6.45) is 6.83. The highest BCUT2D eigenvalue weighted by molar-refractivity contribution is 5.03. The predicted octanol–water partition coefficient (Wildman–Crippen LogP) is 2.03. The van der Waals surface area contributed by atoms with Crippen LogP contribution in [-0.4, -0.2) is 29.5 Å². The van der Waals surface area contributed by atoms with Crippen molar-refractivity contribution in [2.75, 3.05) is 13.6 Å². The van der Waals surface area contributed by atoms with Gasteiger partial charge in [-0.05, 0) is 50.8 Å². The summed E-state index contributed by atoms with van der Waals surface area (Å²) < 4.78 is 0. The van der Waals surface area contributed by atoms with Crippen LogP contribution in [0, 0.1) is 5.92 Å². The van der Waals surface area contributed by atoms with Gasteiger partial charge in [-0.15, -0.1) is 0 Å². The zero-order chi connectivity index (χ0) is 12.1. The van der Waals surface area contributed by atoms with Crippen molar-refractivity contribution in [2.45, 2.75) is 38.3 Å². The Labute approximate surface area is 104 Å². The van der Waals surface area contributed by atoms with Gasteiger partial charge in [0.15, 0.2) is 0 Å². The fourth-order valence-electron chi connectivity index (χ4n) is 2.64. The molecule has 94 valence electrons. The molecule has 0 atom stereocenters. The van der Waals surface area contributed by atoms with Crippen molar-refractivity contribution in [3.63, 3.8) is 0 Å². The minimum atomic E-state index is 0.451. The fourth-order valence-corrected chi connectivity index (χ4v) is 2.64. The lowest BCUT2D eigenvalue weighted by molar-refractivity contribution is 0.217. The van der Waals surface area contributed by atoms with Gasteiger partial charge in [0.05, 0.1) is 5.69 Å². The molecule has 0 saturated heterocycles. The quantitative estimate of drug-likeness (QED) is 0.865. The summed E-state index contributed by atoms with van der Waals surface area (Å²) in [5.74, 6) is 0.823. The highest BCUT2D eigenvalue weighted by atomic mass is 15.1. The Morgan fingerprint density at radius 2 is 2.06 bits per heavy atom. The zero-order valence-electron chi connectivity index (χ0n) is 10.7. The van der Waals surface area contributed by atoms with Crippen molar-refractivity contribution in [1.82, 2.24) is 9.88 Å². The van der Waals surface area contributed by atoms with E-state index >= 15 is 0 Å². The molecule has 0 radical (unpaired) electrons. The molecule has 1 aromatic heterocycles. The number of hydrogen-bond acceptors (Lipinski definition) is 3. The number of aromatic nitrogens is 1. The summed E-state index contributed by atoms with van der Waals surface area (Å²) in [5.41, 5.74) is 7.08. The largest absolute Gasteiger partial charge is 0.328 e. The molecule has 1 heterocycles. The van der Waals surface area contributed by atoms with Gasteiger partial charge in [0.2, 0.25) is 0 Å². The van der Waals surface area contributed by atoms with Crippen LogP contribution in [0.3, 0.4) is 0 Å². The predicted molar refractivity (Wildman–Crippen MR) is 70.5 cm³/mol.